The largest absolute Gasteiger partial charge is 0.493 e. The van der Waals surface area contributed by atoms with Crippen LogP contribution in [-0.4, -0.2) is 28.0 Å². The molecule has 31 heavy (non-hydrogen) atoms. The van der Waals surface area contributed by atoms with Crippen molar-refractivity contribution in [3.05, 3.63) is 64.4 Å². The molecule has 0 spiro atoms. The maximum absolute atomic E-state index is 13.2. The molecule has 2 aromatic carbocycles. The van der Waals surface area contributed by atoms with Crippen LogP contribution < -0.4 is 14.8 Å². The number of carbonyl (C=O) groups excluding carboxylic acids is 1. The molecule has 1 N–H and O–H groups in total. The predicted octanol–water partition coefficient (Wildman–Crippen LogP) is 4.85. The van der Waals surface area contributed by atoms with Crippen molar-refractivity contribution in [2.45, 2.75) is 35.5 Å². The number of nitrogens with one attached hydrogen (secondary N) is 1. The summed E-state index contributed by atoms with van der Waals surface area (Å²) < 4.78 is 37.9. The quantitative estimate of drug-likeness (QED) is 0.548. The van der Waals surface area contributed by atoms with Gasteiger partial charge in [0.1, 0.15) is 4.90 Å². The molecule has 1 aliphatic heterocycles. The van der Waals surface area contributed by atoms with Gasteiger partial charge in [-0.15, -0.1) is 11.3 Å². The number of fused-ring (bicyclic) bond motifs is 1. The third-order valence-electron chi connectivity index (χ3n) is 5.15. The fourth-order valence-electron chi connectivity index (χ4n) is 3.71. The Morgan fingerprint density at radius 2 is 1.90 bits per heavy atom. The smallest absolute Gasteiger partial charge is 0.225 e. The van der Waals surface area contributed by atoms with Crippen LogP contribution in [-0.2, 0) is 14.6 Å². The Labute approximate surface area is 185 Å². The first-order valence-electron chi connectivity index (χ1n) is 9.98. The molecule has 0 fully saturated rings. The fraction of sp³-hybridized carbons (Fsp3) is 0.261. The van der Waals surface area contributed by atoms with Crippen LogP contribution in [0.15, 0.2) is 63.7 Å². The summed E-state index contributed by atoms with van der Waals surface area (Å²) in [7, 11) is -2.19. The molecule has 0 radical (unpaired) electrons. The number of sulfone groups is 1. The Balaban J connectivity index is 1.84. The van der Waals surface area contributed by atoms with Gasteiger partial charge in [0.15, 0.2) is 11.5 Å². The van der Waals surface area contributed by atoms with Crippen LogP contribution in [0.4, 0.5) is 5.69 Å². The zero-order valence-corrected chi connectivity index (χ0v) is 18.9. The van der Waals surface area contributed by atoms with Crippen molar-refractivity contribution in [2.24, 2.45) is 0 Å². The number of anilines is 1. The summed E-state index contributed by atoms with van der Waals surface area (Å²) in [5.74, 6) is 0.630. The summed E-state index contributed by atoms with van der Waals surface area (Å²) in [6, 6.07) is 13.8. The van der Waals surface area contributed by atoms with E-state index in [0.29, 0.717) is 23.8 Å². The van der Waals surface area contributed by atoms with Gasteiger partial charge >= 0.3 is 0 Å². The van der Waals surface area contributed by atoms with E-state index in [-0.39, 0.29) is 28.0 Å². The van der Waals surface area contributed by atoms with Crippen LogP contribution in [0.5, 0.6) is 11.5 Å². The normalized spacial score (nSPS) is 15.8. The lowest BCUT2D eigenvalue weighted by molar-refractivity contribution is -0.116. The van der Waals surface area contributed by atoms with Crippen molar-refractivity contribution >= 4 is 32.8 Å². The van der Waals surface area contributed by atoms with Crippen LogP contribution in [0.2, 0.25) is 0 Å². The average Bonchev–Trinajstić information content (AvgIpc) is 3.22. The molecule has 2 heterocycles. The van der Waals surface area contributed by atoms with Crippen molar-refractivity contribution in [3.63, 3.8) is 0 Å². The van der Waals surface area contributed by atoms with E-state index in [1.165, 1.54) is 11.3 Å². The highest BCUT2D eigenvalue weighted by Crippen LogP contribution is 2.49. The summed E-state index contributed by atoms with van der Waals surface area (Å²) in [5.41, 5.74) is 1.17. The lowest BCUT2D eigenvalue weighted by atomic mass is 9.89. The second kappa shape index (κ2) is 8.72. The number of para-hydroxylation sites is 1. The molecule has 0 saturated heterocycles. The van der Waals surface area contributed by atoms with E-state index >= 15 is 0 Å². The third-order valence-corrected chi connectivity index (χ3v) is 8.19. The Hall–Kier alpha value is -2.84. The minimum atomic E-state index is -3.76. The van der Waals surface area contributed by atoms with Gasteiger partial charge in [-0.05, 0) is 24.6 Å². The number of hydrogen-bond donors (Lipinski definition) is 1. The van der Waals surface area contributed by atoms with Gasteiger partial charge < -0.3 is 14.8 Å². The average molecular weight is 458 g/mol. The Kier molecular flexibility index (Phi) is 6.02. The molecule has 0 saturated carbocycles. The molecule has 1 atom stereocenters. The van der Waals surface area contributed by atoms with Crippen LogP contribution in [0.1, 0.15) is 36.1 Å². The first-order chi connectivity index (χ1) is 15.0. The van der Waals surface area contributed by atoms with Crippen molar-refractivity contribution < 1.29 is 22.7 Å². The van der Waals surface area contributed by atoms with Crippen LogP contribution in [0, 0.1) is 0 Å². The summed E-state index contributed by atoms with van der Waals surface area (Å²) in [5, 5.41) is 4.41. The Bertz CT molecular complexity index is 1200. The third kappa shape index (κ3) is 3.93. The highest BCUT2D eigenvalue weighted by atomic mass is 32.2. The van der Waals surface area contributed by atoms with Gasteiger partial charge in [0.2, 0.25) is 15.7 Å². The second-order valence-electron chi connectivity index (χ2n) is 7.19. The molecule has 0 unspecified atom stereocenters. The van der Waals surface area contributed by atoms with Crippen LogP contribution in [0.25, 0.3) is 0 Å². The predicted molar refractivity (Wildman–Crippen MR) is 120 cm³/mol. The van der Waals surface area contributed by atoms with Crippen molar-refractivity contribution in [3.8, 4) is 11.5 Å². The number of ether oxygens (including phenoxy) is 2. The monoisotopic (exact) mass is 457 g/mol. The van der Waals surface area contributed by atoms with Gasteiger partial charge in [-0.1, -0.05) is 37.3 Å². The lowest BCUT2D eigenvalue weighted by Crippen LogP contribution is -2.24. The number of rotatable bonds is 7. The highest BCUT2D eigenvalue weighted by Gasteiger charge is 2.36. The molecule has 1 aliphatic rings. The van der Waals surface area contributed by atoms with E-state index in [0.717, 1.165) is 16.9 Å². The summed E-state index contributed by atoms with van der Waals surface area (Å²) >= 11 is 1.33. The standard InChI is InChI=1S/C23H23NO5S2/c1-3-12-29-22-16(10-7-11-18(22)28-2)17-13-20(25)24-21-19(14-30-23(17)21)31(26,27)15-8-5-4-6-9-15/h4-11,14,17H,3,12-13H2,1-2H3,(H,24,25)/t17-/m1/s1. The van der Waals surface area contributed by atoms with Crippen molar-refractivity contribution in [2.75, 3.05) is 19.0 Å². The van der Waals surface area contributed by atoms with E-state index in [1.54, 1.807) is 42.8 Å². The first-order valence-corrected chi connectivity index (χ1v) is 12.3. The molecule has 0 aliphatic carbocycles. The van der Waals surface area contributed by atoms with Gasteiger partial charge in [0.05, 0.1) is 24.3 Å². The minimum Gasteiger partial charge on any atom is -0.493 e. The Morgan fingerprint density at radius 1 is 1.13 bits per heavy atom. The lowest BCUT2D eigenvalue weighted by Gasteiger charge is -2.26. The molecular weight excluding hydrogens is 434 g/mol. The fourth-order valence-corrected chi connectivity index (χ4v) is 6.63. The number of carbonyl (C=O) groups is 1. The highest BCUT2D eigenvalue weighted by molar-refractivity contribution is 7.91. The van der Waals surface area contributed by atoms with Gasteiger partial charge in [-0.3, -0.25) is 4.79 Å². The maximum Gasteiger partial charge on any atom is 0.225 e. The maximum atomic E-state index is 13.2. The van der Waals surface area contributed by atoms with E-state index in [9.17, 15) is 13.2 Å². The Morgan fingerprint density at radius 3 is 2.61 bits per heavy atom. The number of thiophene rings is 1. The number of hydrogen-bond acceptors (Lipinski definition) is 6. The zero-order chi connectivity index (χ0) is 22.0. The molecule has 162 valence electrons. The molecule has 6 nitrogen and oxygen atoms in total. The van der Waals surface area contributed by atoms with E-state index in [4.69, 9.17) is 9.47 Å². The van der Waals surface area contributed by atoms with E-state index < -0.39 is 9.84 Å². The van der Waals surface area contributed by atoms with Crippen molar-refractivity contribution in [1.29, 1.82) is 0 Å². The van der Waals surface area contributed by atoms with Crippen LogP contribution >= 0.6 is 11.3 Å². The molecular formula is C23H23NO5S2. The molecule has 8 heteroatoms. The van der Waals surface area contributed by atoms with Crippen LogP contribution in [0.3, 0.4) is 0 Å². The number of benzene rings is 2. The number of amides is 1. The molecule has 4 rings (SSSR count). The zero-order valence-electron chi connectivity index (χ0n) is 17.3. The van der Waals surface area contributed by atoms with Gasteiger partial charge in [0.25, 0.3) is 0 Å². The number of methoxy groups -OCH3 is 1. The van der Waals surface area contributed by atoms with Gasteiger partial charge in [0, 0.05) is 28.2 Å². The molecule has 1 amide bonds. The summed E-state index contributed by atoms with van der Waals surface area (Å²) in [6.07, 6.45) is 1.03. The topological polar surface area (TPSA) is 81.7 Å². The van der Waals surface area contributed by atoms with E-state index in [1.807, 2.05) is 25.1 Å². The molecule has 1 aromatic heterocycles. The minimum absolute atomic E-state index is 0.121. The summed E-state index contributed by atoms with van der Waals surface area (Å²) in [6.45, 7) is 2.53. The SMILES string of the molecule is CCCOc1c(OC)cccc1[C@H]1CC(=O)Nc2c(S(=O)(=O)c3ccccc3)csc21. The molecule has 3 aromatic rings. The van der Waals surface area contributed by atoms with Gasteiger partial charge in [-0.2, -0.15) is 0 Å². The summed E-state index contributed by atoms with van der Waals surface area (Å²) in [4.78, 5) is 13.7. The van der Waals surface area contributed by atoms with Gasteiger partial charge in [-0.25, -0.2) is 8.42 Å². The first kappa shape index (κ1) is 21.4. The van der Waals surface area contributed by atoms with E-state index in [2.05, 4.69) is 5.32 Å². The second-order valence-corrected chi connectivity index (χ2v) is 10.0. The molecule has 0 bridgehead atoms. The van der Waals surface area contributed by atoms with Crippen molar-refractivity contribution in [1.82, 2.24) is 0 Å².